The molecular formula is C11H12N4O3S. The van der Waals surface area contributed by atoms with E-state index in [1.807, 2.05) is 18.4 Å². The first-order chi connectivity index (χ1) is 9.13. The van der Waals surface area contributed by atoms with E-state index in [1.165, 1.54) is 13.4 Å². The van der Waals surface area contributed by atoms with Gasteiger partial charge in [0.25, 0.3) is 5.88 Å². The Balaban J connectivity index is 2.25. The maximum atomic E-state index is 11.0. The van der Waals surface area contributed by atoms with Crippen LogP contribution in [0.5, 0.6) is 5.88 Å². The number of hydrogen-bond acceptors (Lipinski definition) is 7. The summed E-state index contributed by atoms with van der Waals surface area (Å²) in [5, 5.41) is 16.0. The highest BCUT2D eigenvalue weighted by molar-refractivity contribution is 7.10. The Hall–Kier alpha value is -2.22. The molecule has 0 atom stereocenters. The summed E-state index contributed by atoms with van der Waals surface area (Å²) in [7, 11) is 1.34. The first kappa shape index (κ1) is 13.2. The van der Waals surface area contributed by atoms with Crippen molar-refractivity contribution in [3.8, 4) is 5.88 Å². The van der Waals surface area contributed by atoms with Crippen LogP contribution in [0.4, 0.5) is 11.5 Å². The molecule has 7 nitrogen and oxygen atoms in total. The van der Waals surface area contributed by atoms with Crippen LogP contribution in [0.15, 0.2) is 17.8 Å². The van der Waals surface area contributed by atoms with Crippen molar-refractivity contribution in [1.29, 1.82) is 0 Å². The lowest BCUT2D eigenvalue weighted by molar-refractivity contribution is -0.385. The molecule has 19 heavy (non-hydrogen) atoms. The number of aryl methyl sites for hydroxylation is 1. The van der Waals surface area contributed by atoms with Gasteiger partial charge in [-0.2, -0.15) is 4.98 Å². The molecule has 8 heteroatoms. The molecule has 0 amide bonds. The number of methoxy groups -OCH3 is 1. The van der Waals surface area contributed by atoms with Crippen molar-refractivity contribution in [2.45, 2.75) is 13.5 Å². The molecule has 0 aromatic carbocycles. The molecule has 100 valence electrons. The molecule has 0 bridgehead atoms. The third-order valence-electron chi connectivity index (χ3n) is 2.55. The first-order valence-electron chi connectivity index (χ1n) is 5.43. The smallest absolute Gasteiger partial charge is 0.372 e. The highest BCUT2D eigenvalue weighted by Gasteiger charge is 2.23. The molecule has 2 rings (SSSR count). The van der Waals surface area contributed by atoms with Gasteiger partial charge in [-0.15, -0.1) is 11.3 Å². The Morgan fingerprint density at radius 1 is 1.53 bits per heavy atom. The van der Waals surface area contributed by atoms with Gasteiger partial charge in [-0.1, -0.05) is 0 Å². The van der Waals surface area contributed by atoms with Crippen molar-refractivity contribution in [3.63, 3.8) is 0 Å². The van der Waals surface area contributed by atoms with Gasteiger partial charge in [0.05, 0.1) is 18.6 Å². The SMILES string of the molecule is COc1ncnc(NCc2sccc2C)c1[N+](=O)[O-]. The topological polar surface area (TPSA) is 90.2 Å². The van der Waals surface area contributed by atoms with Crippen LogP contribution in [-0.4, -0.2) is 22.0 Å². The summed E-state index contributed by atoms with van der Waals surface area (Å²) in [6.07, 6.45) is 1.23. The maximum Gasteiger partial charge on any atom is 0.372 e. The maximum absolute atomic E-state index is 11.0. The molecule has 0 spiro atoms. The standard InChI is InChI=1S/C11H12N4O3S/c1-7-3-4-19-8(7)5-12-10-9(15(16)17)11(18-2)14-6-13-10/h3-4,6H,5H2,1-2H3,(H,12,13,14). The molecule has 2 aromatic heterocycles. The molecule has 0 saturated heterocycles. The number of hydrogen-bond donors (Lipinski definition) is 1. The van der Waals surface area contributed by atoms with E-state index in [9.17, 15) is 10.1 Å². The number of nitrogens with one attached hydrogen (secondary N) is 1. The van der Waals surface area contributed by atoms with Crippen LogP contribution in [-0.2, 0) is 6.54 Å². The molecule has 2 aromatic rings. The van der Waals surface area contributed by atoms with Crippen LogP contribution < -0.4 is 10.1 Å². The van der Waals surface area contributed by atoms with Crippen molar-refractivity contribution in [1.82, 2.24) is 9.97 Å². The fourth-order valence-electron chi connectivity index (χ4n) is 1.56. The van der Waals surface area contributed by atoms with Gasteiger partial charge in [0, 0.05) is 4.88 Å². The summed E-state index contributed by atoms with van der Waals surface area (Å²) in [6.45, 7) is 2.47. The van der Waals surface area contributed by atoms with Gasteiger partial charge in [0.2, 0.25) is 5.82 Å². The number of aromatic nitrogens is 2. The second kappa shape index (κ2) is 5.61. The number of anilines is 1. The van der Waals surface area contributed by atoms with E-state index < -0.39 is 4.92 Å². The zero-order chi connectivity index (χ0) is 13.8. The minimum atomic E-state index is -0.553. The fourth-order valence-corrected chi connectivity index (χ4v) is 2.40. The Labute approximate surface area is 113 Å². The third-order valence-corrected chi connectivity index (χ3v) is 3.57. The highest BCUT2D eigenvalue weighted by atomic mass is 32.1. The molecule has 0 saturated carbocycles. The molecule has 0 aliphatic carbocycles. The van der Waals surface area contributed by atoms with Gasteiger partial charge in [0.15, 0.2) is 0 Å². The summed E-state index contributed by atoms with van der Waals surface area (Å²) in [5.41, 5.74) is 0.889. The number of rotatable bonds is 5. The summed E-state index contributed by atoms with van der Waals surface area (Å²) in [6, 6.07) is 2.00. The van der Waals surface area contributed by atoms with Gasteiger partial charge in [-0.05, 0) is 23.9 Å². The normalized spacial score (nSPS) is 10.2. The monoisotopic (exact) mass is 280 g/mol. The summed E-state index contributed by atoms with van der Waals surface area (Å²) >= 11 is 1.59. The Morgan fingerprint density at radius 2 is 2.32 bits per heavy atom. The summed E-state index contributed by atoms with van der Waals surface area (Å²) in [5.74, 6) is 0.107. The number of nitro groups is 1. The van der Waals surface area contributed by atoms with Crippen LogP contribution in [0, 0.1) is 17.0 Å². The Bertz CT molecular complexity index is 599. The van der Waals surface area contributed by atoms with Gasteiger partial charge < -0.3 is 10.1 Å². The van der Waals surface area contributed by atoms with Crippen LogP contribution in [0.2, 0.25) is 0 Å². The van der Waals surface area contributed by atoms with E-state index in [-0.39, 0.29) is 17.4 Å². The molecule has 0 aliphatic rings. The summed E-state index contributed by atoms with van der Waals surface area (Å²) in [4.78, 5) is 19.2. The quantitative estimate of drug-likeness (QED) is 0.668. The summed E-state index contributed by atoms with van der Waals surface area (Å²) < 4.78 is 4.88. The van der Waals surface area contributed by atoms with Crippen molar-refractivity contribution in [2.24, 2.45) is 0 Å². The van der Waals surface area contributed by atoms with E-state index in [2.05, 4.69) is 15.3 Å². The van der Waals surface area contributed by atoms with Gasteiger partial charge in [-0.3, -0.25) is 10.1 Å². The van der Waals surface area contributed by atoms with Crippen LogP contribution in [0.1, 0.15) is 10.4 Å². The highest BCUT2D eigenvalue weighted by Crippen LogP contribution is 2.31. The van der Waals surface area contributed by atoms with Crippen LogP contribution >= 0.6 is 11.3 Å². The van der Waals surface area contributed by atoms with Crippen molar-refractivity contribution in [2.75, 3.05) is 12.4 Å². The minimum absolute atomic E-state index is 0.0506. The van der Waals surface area contributed by atoms with Crippen molar-refractivity contribution < 1.29 is 9.66 Å². The molecular weight excluding hydrogens is 268 g/mol. The zero-order valence-electron chi connectivity index (χ0n) is 10.4. The average molecular weight is 280 g/mol. The third kappa shape index (κ3) is 2.79. The lowest BCUT2D eigenvalue weighted by Gasteiger charge is -2.07. The van der Waals surface area contributed by atoms with E-state index >= 15 is 0 Å². The molecule has 0 radical (unpaired) electrons. The lowest BCUT2D eigenvalue weighted by atomic mass is 10.3. The second-order valence-corrected chi connectivity index (χ2v) is 4.72. The van der Waals surface area contributed by atoms with Crippen LogP contribution in [0.3, 0.4) is 0 Å². The molecule has 0 unspecified atom stereocenters. The predicted molar refractivity (Wildman–Crippen MR) is 71.6 cm³/mol. The number of thiophene rings is 1. The van der Waals surface area contributed by atoms with Crippen molar-refractivity contribution in [3.05, 3.63) is 38.3 Å². The Morgan fingerprint density at radius 3 is 2.89 bits per heavy atom. The number of ether oxygens (including phenoxy) is 1. The lowest BCUT2D eigenvalue weighted by Crippen LogP contribution is -2.06. The fraction of sp³-hybridized carbons (Fsp3) is 0.273. The molecule has 1 N–H and O–H groups in total. The van der Waals surface area contributed by atoms with E-state index in [4.69, 9.17) is 4.74 Å². The predicted octanol–water partition coefficient (Wildman–Crippen LogP) is 2.38. The zero-order valence-corrected chi connectivity index (χ0v) is 11.2. The largest absolute Gasteiger partial charge is 0.476 e. The van der Waals surface area contributed by atoms with Gasteiger partial charge in [-0.25, -0.2) is 4.98 Å². The van der Waals surface area contributed by atoms with E-state index in [0.717, 1.165) is 10.4 Å². The molecule has 2 heterocycles. The average Bonchev–Trinajstić information content (AvgIpc) is 2.81. The van der Waals surface area contributed by atoms with Crippen molar-refractivity contribution >= 4 is 22.8 Å². The van der Waals surface area contributed by atoms with Crippen LogP contribution in [0.25, 0.3) is 0 Å². The molecule has 0 fully saturated rings. The Kier molecular flexibility index (Phi) is 3.91. The molecule has 0 aliphatic heterocycles. The minimum Gasteiger partial charge on any atom is -0.476 e. The van der Waals surface area contributed by atoms with Gasteiger partial charge in [0.1, 0.15) is 6.33 Å². The van der Waals surface area contributed by atoms with Gasteiger partial charge >= 0.3 is 5.69 Å². The second-order valence-electron chi connectivity index (χ2n) is 3.72. The van der Waals surface area contributed by atoms with E-state index in [1.54, 1.807) is 11.3 Å². The van der Waals surface area contributed by atoms with E-state index in [0.29, 0.717) is 6.54 Å². The number of nitrogens with zero attached hydrogens (tertiary/aromatic N) is 3. The first-order valence-corrected chi connectivity index (χ1v) is 6.31.